The zero-order valence-corrected chi connectivity index (χ0v) is 7.80. The van der Waals surface area contributed by atoms with Gasteiger partial charge >= 0.3 is 0 Å². The van der Waals surface area contributed by atoms with E-state index in [9.17, 15) is 10.1 Å². The fourth-order valence-electron chi connectivity index (χ4n) is 1.09. The maximum Gasteiger partial charge on any atom is 0.276 e. The van der Waals surface area contributed by atoms with Gasteiger partial charge in [-0.05, 0) is 24.6 Å². The van der Waals surface area contributed by atoms with Crippen LogP contribution in [0.15, 0.2) is 29.8 Å². The van der Waals surface area contributed by atoms with Gasteiger partial charge in [-0.3, -0.25) is 10.1 Å². The summed E-state index contributed by atoms with van der Waals surface area (Å²) in [5.74, 6) is 0. The van der Waals surface area contributed by atoms with E-state index in [-0.39, 0.29) is 12.3 Å². The average molecular weight is 193 g/mol. The van der Waals surface area contributed by atoms with Crippen LogP contribution < -0.4 is 0 Å². The highest BCUT2D eigenvalue weighted by Gasteiger charge is 2.09. The highest BCUT2D eigenvalue weighted by Crippen LogP contribution is 2.20. The third-order valence-electron chi connectivity index (χ3n) is 1.78. The monoisotopic (exact) mass is 193 g/mol. The van der Waals surface area contributed by atoms with Crippen molar-refractivity contribution in [2.24, 2.45) is 0 Å². The summed E-state index contributed by atoms with van der Waals surface area (Å²) in [6, 6.07) is 6.43. The number of para-hydroxylation sites is 1. The number of nitro benzene ring substituents is 1. The summed E-state index contributed by atoms with van der Waals surface area (Å²) in [7, 11) is 0. The molecule has 4 nitrogen and oxygen atoms in total. The van der Waals surface area contributed by atoms with Gasteiger partial charge in [-0.2, -0.15) is 0 Å². The van der Waals surface area contributed by atoms with Crippen LogP contribution in [-0.2, 0) is 0 Å². The van der Waals surface area contributed by atoms with E-state index in [0.29, 0.717) is 11.1 Å². The van der Waals surface area contributed by atoms with E-state index in [0.717, 1.165) is 0 Å². The Hall–Kier alpha value is -1.68. The third-order valence-corrected chi connectivity index (χ3v) is 1.78. The smallest absolute Gasteiger partial charge is 0.276 e. The molecule has 1 aromatic carbocycles. The molecule has 0 radical (unpaired) electrons. The predicted molar refractivity (Wildman–Crippen MR) is 53.8 cm³/mol. The molecule has 0 saturated carbocycles. The zero-order chi connectivity index (χ0) is 10.6. The number of nitrogens with zero attached hydrogens (tertiary/aromatic N) is 1. The summed E-state index contributed by atoms with van der Waals surface area (Å²) in [6.07, 6.45) is 1.61. The van der Waals surface area contributed by atoms with Crippen molar-refractivity contribution in [2.75, 3.05) is 6.61 Å². The second-order valence-corrected chi connectivity index (χ2v) is 2.96. The normalized spacial score (nSPS) is 11.4. The van der Waals surface area contributed by atoms with Gasteiger partial charge in [0, 0.05) is 6.07 Å². The standard InChI is InChI=1S/C10H11NO3/c1-8(7-12)6-9-4-2-3-5-10(9)11(13)14/h2-6,12H,7H2,1H3. The van der Waals surface area contributed by atoms with Gasteiger partial charge in [0.25, 0.3) is 5.69 Å². The van der Waals surface area contributed by atoms with Crippen LogP contribution in [0.4, 0.5) is 5.69 Å². The molecule has 0 aliphatic rings. The lowest BCUT2D eigenvalue weighted by molar-refractivity contribution is -0.385. The van der Waals surface area contributed by atoms with Gasteiger partial charge < -0.3 is 5.11 Å². The van der Waals surface area contributed by atoms with E-state index in [1.807, 2.05) is 0 Å². The third kappa shape index (κ3) is 2.40. The van der Waals surface area contributed by atoms with Crippen LogP contribution in [0.5, 0.6) is 0 Å². The van der Waals surface area contributed by atoms with Crippen LogP contribution in [0.25, 0.3) is 6.08 Å². The molecule has 4 heteroatoms. The van der Waals surface area contributed by atoms with E-state index in [1.54, 1.807) is 31.2 Å². The van der Waals surface area contributed by atoms with E-state index in [1.165, 1.54) is 6.07 Å². The number of hydrogen-bond donors (Lipinski definition) is 1. The van der Waals surface area contributed by atoms with Crippen LogP contribution in [0.1, 0.15) is 12.5 Å². The molecule has 0 spiro atoms. The Morgan fingerprint density at radius 1 is 1.57 bits per heavy atom. The SMILES string of the molecule is CC(=Cc1ccccc1[N+](=O)[O-])CO. The highest BCUT2D eigenvalue weighted by atomic mass is 16.6. The minimum atomic E-state index is -0.434. The van der Waals surface area contributed by atoms with Crippen molar-refractivity contribution in [1.29, 1.82) is 0 Å². The first-order chi connectivity index (χ1) is 6.65. The number of benzene rings is 1. The van der Waals surface area contributed by atoms with Gasteiger partial charge in [0.1, 0.15) is 0 Å². The Balaban J connectivity index is 3.14. The molecule has 0 heterocycles. The van der Waals surface area contributed by atoms with Crippen molar-refractivity contribution in [3.63, 3.8) is 0 Å². The minimum absolute atomic E-state index is 0.0558. The van der Waals surface area contributed by atoms with E-state index >= 15 is 0 Å². The van der Waals surface area contributed by atoms with Crippen molar-refractivity contribution in [3.8, 4) is 0 Å². The van der Waals surface area contributed by atoms with Crippen molar-refractivity contribution in [1.82, 2.24) is 0 Å². The van der Waals surface area contributed by atoms with Crippen LogP contribution in [0.3, 0.4) is 0 Å². The highest BCUT2D eigenvalue weighted by molar-refractivity contribution is 5.62. The molecular formula is C10H11NO3. The summed E-state index contributed by atoms with van der Waals surface area (Å²) in [4.78, 5) is 10.2. The van der Waals surface area contributed by atoms with Gasteiger partial charge in [-0.15, -0.1) is 0 Å². The Morgan fingerprint density at radius 2 is 2.21 bits per heavy atom. The van der Waals surface area contributed by atoms with Crippen molar-refractivity contribution in [3.05, 3.63) is 45.5 Å². The molecule has 1 rings (SSSR count). The molecule has 0 atom stereocenters. The quantitative estimate of drug-likeness (QED) is 0.589. The first-order valence-corrected chi connectivity index (χ1v) is 4.16. The summed E-state index contributed by atoms with van der Waals surface area (Å²) < 4.78 is 0. The molecule has 0 unspecified atom stereocenters. The number of hydrogen-bond acceptors (Lipinski definition) is 3. The van der Waals surface area contributed by atoms with E-state index in [2.05, 4.69) is 0 Å². The Morgan fingerprint density at radius 3 is 2.79 bits per heavy atom. The lowest BCUT2D eigenvalue weighted by Crippen LogP contribution is -1.92. The summed E-state index contributed by atoms with van der Waals surface area (Å²) in [5.41, 5.74) is 1.27. The summed E-state index contributed by atoms with van der Waals surface area (Å²) >= 11 is 0. The molecule has 0 saturated heterocycles. The predicted octanol–water partition coefficient (Wildman–Crippen LogP) is 1.99. The molecule has 1 N–H and O–H groups in total. The van der Waals surface area contributed by atoms with Crippen molar-refractivity contribution < 1.29 is 10.0 Å². The molecule has 0 aromatic heterocycles. The molecule has 0 fully saturated rings. The molecule has 0 aliphatic heterocycles. The van der Waals surface area contributed by atoms with Crippen LogP contribution in [0, 0.1) is 10.1 Å². The van der Waals surface area contributed by atoms with Gasteiger partial charge in [-0.25, -0.2) is 0 Å². The molecule has 74 valence electrons. The van der Waals surface area contributed by atoms with Crippen LogP contribution in [-0.4, -0.2) is 16.6 Å². The summed E-state index contributed by atoms with van der Waals surface area (Å²) in [5, 5.41) is 19.4. The van der Waals surface area contributed by atoms with Crippen LogP contribution >= 0.6 is 0 Å². The zero-order valence-electron chi connectivity index (χ0n) is 7.80. The number of nitro groups is 1. The topological polar surface area (TPSA) is 63.4 Å². The van der Waals surface area contributed by atoms with Gasteiger partial charge in [0.15, 0.2) is 0 Å². The van der Waals surface area contributed by atoms with Gasteiger partial charge in [-0.1, -0.05) is 12.1 Å². The van der Waals surface area contributed by atoms with E-state index < -0.39 is 4.92 Å². The number of rotatable bonds is 3. The van der Waals surface area contributed by atoms with E-state index in [4.69, 9.17) is 5.11 Å². The van der Waals surface area contributed by atoms with Crippen molar-refractivity contribution >= 4 is 11.8 Å². The first-order valence-electron chi connectivity index (χ1n) is 4.16. The Kier molecular flexibility index (Phi) is 3.36. The fraction of sp³-hybridized carbons (Fsp3) is 0.200. The minimum Gasteiger partial charge on any atom is -0.392 e. The lowest BCUT2D eigenvalue weighted by Gasteiger charge is -1.98. The number of aliphatic hydroxyl groups excluding tert-OH is 1. The Bertz CT molecular complexity index is 371. The van der Waals surface area contributed by atoms with Gasteiger partial charge in [0.2, 0.25) is 0 Å². The maximum absolute atomic E-state index is 10.6. The number of aliphatic hydroxyl groups is 1. The maximum atomic E-state index is 10.6. The largest absolute Gasteiger partial charge is 0.392 e. The average Bonchev–Trinajstić information content (AvgIpc) is 2.18. The molecule has 14 heavy (non-hydrogen) atoms. The second-order valence-electron chi connectivity index (χ2n) is 2.96. The molecular weight excluding hydrogens is 182 g/mol. The fourth-order valence-corrected chi connectivity index (χ4v) is 1.09. The molecule has 0 aliphatic carbocycles. The second kappa shape index (κ2) is 4.53. The molecule has 0 bridgehead atoms. The van der Waals surface area contributed by atoms with Crippen molar-refractivity contribution in [2.45, 2.75) is 6.92 Å². The lowest BCUT2D eigenvalue weighted by atomic mass is 10.1. The molecule has 0 amide bonds. The summed E-state index contributed by atoms with van der Waals surface area (Å²) in [6.45, 7) is 1.63. The van der Waals surface area contributed by atoms with Gasteiger partial charge in [0.05, 0.1) is 17.1 Å². The Labute approximate surface area is 81.6 Å². The first kappa shape index (κ1) is 10.4. The van der Waals surface area contributed by atoms with Crippen LogP contribution in [0.2, 0.25) is 0 Å². The molecule has 1 aromatic rings.